The average Bonchev–Trinajstić information content (AvgIpc) is 3.49. The summed E-state index contributed by atoms with van der Waals surface area (Å²) in [4.78, 5) is 28.3. The predicted molar refractivity (Wildman–Crippen MR) is 135 cm³/mol. The van der Waals surface area contributed by atoms with Crippen LogP contribution in [0.4, 0.5) is 0 Å². The summed E-state index contributed by atoms with van der Waals surface area (Å²) >= 11 is 6.11. The molecule has 1 aromatic heterocycles. The largest absolute Gasteiger partial charge is 0.361 e. The molecule has 2 amide bonds. The number of carbonyl (C=O) groups is 2. The molecule has 3 rings (SSSR count). The number of nitrogens with one attached hydrogen (secondary N) is 1. The molecule has 1 N–H and O–H groups in total. The number of nitrogens with zero attached hydrogens (tertiary/aromatic N) is 2. The molecule has 1 aromatic carbocycles. The third-order valence-corrected chi connectivity index (χ3v) is 6.40. The van der Waals surface area contributed by atoms with E-state index in [4.69, 9.17) is 16.1 Å². The first-order valence-electron chi connectivity index (χ1n) is 11.5. The van der Waals surface area contributed by atoms with Gasteiger partial charge in [-0.25, -0.2) is 0 Å². The molecule has 34 heavy (non-hydrogen) atoms. The minimum absolute atomic E-state index is 0.0197. The molecule has 6 nitrogen and oxygen atoms in total. The van der Waals surface area contributed by atoms with E-state index >= 15 is 0 Å². The summed E-state index contributed by atoms with van der Waals surface area (Å²) in [5.74, 6) is -0.154. The van der Waals surface area contributed by atoms with Crippen LogP contribution in [0.25, 0.3) is 5.57 Å². The van der Waals surface area contributed by atoms with Crippen LogP contribution in [0.3, 0.4) is 0 Å². The lowest BCUT2D eigenvalue weighted by Crippen LogP contribution is -2.48. The summed E-state index contributed by atoms with van der Waals surface area (Å²) in [5.41, 5.74) is 2.67. The molecule has 1 aliphatic heterocycles. The second-order valence-electron chi connectivity index (χ2n) is 8.90. The van der Waals surface area contributed by atoms with E-state index in [1.165, 1.54) is 6.20 Å². The number of carbonyl (C=O) groups excluding carboxylic acids is 2. The Hall–Kier alpha value is -3.12. The molecule has 3 unspecified atom stereocenters. The van der Waals surface area contributed by atoms with Gasteiger partial charge >= 0.3 is 0 Å². The van der Waals surface area contributed by atoms with E-state index in [-0.39, 0.29) is 23.8 Å². The van der Waals surface area contributed by atoms with E-state index in [0.717, 1.165) is 23.1 Å². The van der Waals surface area contributed by atoms with E-state index in [0.29, 0.717) is 23.8 Å². The Balaban J connectivity index is 1.70. The zero-order valence-corrected chi connectivity index (χ0v) is 20.7. The van der Waals surface area contributed by atoms with Crippen molar-refractivity contribution in [3.05, 3.63) is 83.8 Å². The molecule has 7 heteroatoms. The zero-order chi connectivity index (χ0) is 24.8. The summed E-state index contributed by atoms with van der Waals surface area (Å²) in [6.45, 7) is 13.9. The van der Waals surface area contributed by atoms with E-state index in [1.807, 2.05) is 51.1 Å². The topological polar surface area (TPSA) is 75.4 Å². The van der Waals surface area contributed by atoms with Crippen molar-refractivity contribution in [3.8, 4) is 0 Å². The maximum Gasteiger partial charge on any atom is 0.243 e. The first kappa shape index (κ1) is 25.5. The van der Waals surface area contributed by atoms with Gasteiger partial charge in [-0.05, 0) is 42.4 Å². The maximum atomic E-state index is 13.4. The molecule has 1 aliphatic rings. The van der Waals surface area contributed by atoms with Crippen LogP contribution in [0.2, 0.25) is 0 Å². The zero-order valence-electron chi connectivity index (χ0n) is 20.0. The number of aromatic nitrogens is 1. The summed E-state index contributed by atoms with van der Waals surface area (Å²) in [7, 11) is 0. The van der Waals surface area contributed by atoms with Crippen molar-refractivity contribution in [2.24, 2.45) is 5.92 Å². The molecular formula is C27H32ClN3O3. The summed E-state index contributed by atoms with van der Waals surface area (Å²) < 4.78 is 5.29. The number of benzene rings is 1. The van der Waals surface area contributed by atoms with E-state index in [9.17, 15) is 9.59 Å². The van der Waals surface area contributed by atoms with Gasteiger partial charge in [0.2, 0.25) is 11.8 Å². The molecular weight excluding hydrogens is 450 g/mol. The van der Waals surface area contributed by atoms with Crippen molar-refractivity contribution in [2.75, 3.05) is 6.54 Å². The normalized spacial score (nSPS) is 18.0. The maximum absolute atomic E-state index is 13.4. The summed E-state index contributed by atoms with van der Waals surface area (Å²) in [6, 6.07) is 8.78. The molecule has 0 bridgehead atoms. The van der Waals surface area contributed by atoms with Crippen LogP contribution in [-0.4, -0.2) is 34.5 Å². The predicted octanol–water partition coefficient (Wildman–Crippen LogP) is 5.60. The van der Waals surface area contributed by atoms with Crippen LogP contribution in [0.1, 0.15) is 62.5 Å². The average molecular weight is 482 g/mol. The van der Waals surface area contributed by atoms with Crippen LogP contribution >= 0.6 is 11.6 Å². The first-order chi connectivity index (χ1) is 16.2. The molecule has 0 radical (unpaired) electrons. The van der Waals surface area contributed by atoms with Gasteiger partial charge in [-0.1, -0.05) is 80.2 Å². The van der Waals surface area contributed by atoms with Crippen LogP contribution in [0.15, 0.2) is 71.4 Å². The van der Waals surface area contributed by atoms with E-state index in [2.05, 4.69) is 23.6 Å². The lowest BCUT2D eigenvalue weighted by Gasteiger charge is -2.29. The number of allylic oxidation sites excluding steroid dienone is 4. The second-order valence-corrected chi connectivity index (χ2v) is 9.36. The number of rotatable bonds is 9. The molecule has 0 saturated carbocycles. The van der Waals surface area contributed by atoms with Gasteiger partial charge in [0, 0.05) is 17.6 Å². The fourth-order valence-electron chi connectivity index (χ4n) is 4.41. The number of likely N-dealkylation sites (tertiary alicyclic amines) is 1. The van der Waals surface area contributed by atoms with Crippen molar-refractivity contribution in [2.45, 2.75) is 51.6 Å². The second kappa shape index (κ2) is 11.3. The fraction of sp³-hybridized carbons (Fsp3) is 0.370. The molecule has 0 spiro atoms. The third kappa shape index (κ3) is 5.68. The standard InChI is InChI=1S/C27H32ClN3O3/c1-6-8-22(18(4)28)21-12-10-20(11-13-21)19(5)30-26(32)23-9-7-16-31(23)27(33)25(17(2)3)24-14-15-29-34-24/h6,8,10-15,17,19,23,25H,1,4,7,9,16H2,2-3,5H3,(H,30,32)/b22-8+. The molecule has 0 aliphatic carbocycles. The van der Waals surface area contributed by atoms with Gasteiger partial charge in [-0.2, -0.15) is 0 Å². The smallest absolute Gasteiger partial charge is 0.243 e. The molecule has 3 atom stereocenters. The van der Waals surface area contributed by atoms with Crippen molar-refractivity contribution < 1.29 is 14.1 Å². The lowest BCUT2D eigenvalue weighted by atomic mass is 9.91. The number of amides is 2. The van der Waals surface area contributed by atoms with Gasteiger partial charge in [0.15, 0.2) is 0 Å². The SMILES string of the molecule is C=C/C=C(\C(=C)Cl)c1ccc(C(C)NC(=O)C2CCCN2C(=O)C(c2ccno2)C(C)C)cc1. The van der Waals surface area contributed by atoms with Crippen molar-refractivity contribution in [1.29, 1.82) is 0 Å². The van der Waals surface area contributed by atoms with Crippen molar-refractivity contribution >= 4 is 29.0 Å². The quantitative estimate of drug-likeness (QED) is 0.473. The lowest BCUT2D eigenvalue weighted by molar-refractivity contribution is -0.141. The highest BCUT2D eigenvalue weighted by molar-refractivity contribution is 6.36. The molecule has 180 valence electrons. The summed E-state index contributed by atoms with van der Waals surface area (Å²) in [6.07, 6.45) is 6.44. The molecule has 1 saturated heterocycles. The third-order valence-electron chi connectivity index (χ3n) is 6.19. The Kier molecular flexibility index (Phi) is 8.51. The Labute approximate surface area is 206 Å². The minimum atomic E-state index is -0.500. The van der Waals surface area contributed by atoms with Crippen LogP contribution in [0, 0.1) is 5.92 Å². The van der Waals surface area contributed by atoms with Crippen LogP contribution in [0.5, 0.6) is 0 Å². The Bertz CT molecular complexity index is 1060. The Morgan fingerprint density at radius 1 is 1.24 bits per heavy atom. The molecule has 1 fully saturated rings. The van der Waals surface area contributed by atoms with Crippen LogP contribution in [-0.2, 0) is 9.59 Å². The fourth-order valence-corrected chi connectivity index (χ4v) is 4.58. The highest BCUT2D eigenvalue weighted by Crippen LogP contribution is 2.31. The van der Waals surface area contributed by atoms with Gasteiger partial charge in [-0.3, -0.25) is 9.59 Å². The highest BCUT2D eigenvalue weighted by atomic mass is 35.5. The van der Waals surface area contributed by atoms with E-state index < -0.39 is 12.0 Å². The van der Waals surface area contributed by atoms with Crippen molar-refractivity contribution in [3.63, 3.8) is 0 Å². The highest BCUT2D eigenvalue weighted by Gasteiger charge is 2.40. The van der Waals surface area contributed by atoms with Gasteiger partial charge in [0.05, 0.1) is 12.2 Å². The van der Waals surface area contributed by atoms with Gasteiger partial charge in [-0.15, -0.1) is 0 Å². The van der Waals surface area contributed by atoms with Crippen LogP contribution < -0.4 is 5.32 Å². The van der Waals surface area contributed by atoms with Gasteiger partial charge in [0.25, 0.3) is 0 Å². The monoisotopic (exact) mass is 481 g/mol. The summed E-state index contributed by atoms with van der Waals surface area (Å²) in [5, 5.41) is 7.27. The first-order valence-corrected chi connectivity index (χ1v) is 11.9. The Morgan fingerprint density at radius 3 is 2.50 bits per heavy atom. The number of halogens is 1. The van der Waals surface area contributed by atoms with Crippen molar-refractivity contribution in [1.82, 2.24) is 15.4 Å². The molecule has 2 heterocycles. The molecule has 2 aromatic rings. The number of hydrogen-bond donors (Lipinski definition) is 1. The Morgan fingerprint density at radius 2 is 1.94 bits per heavy atom. The van der Waals surface area contributed by atoms with E-state index in [1.54, 1.807) is 17.0 Å². The minimum Gasteiger partial charge on any atom is -0.361 e. The number of hydrogen-bond acceptors (Lipinski definition) is 4. The van der Waals surface area contributed by atoms with Gasteiger partial charge in [0.1, 0.15) is 17.7 Å². The van der Waals surface area contributed by atoms with Gasteiger partial charge < -0.3 is 14.7 Å².